The molecule has 0 atom stereocenters. The minimum absolute atomic E-state index is 0.0656. The molecule has 0 unspecified atom stereocenters. The lowest BCUT2D eigenvalue weighted by Gasteiger charge is -2.14. The van der Waals surface area contributed by atoms with Crippen molar-refractivity contribution < 1.29 is 28.8 Å². The van der Waals surface area contributed by atoms with E-state index in [1.54, 1.807) is 24.3 Å². The highest BCUT2D eigenvalue weighted by atomic mass is 79.9. The molecule has 1 aliphatic rings. The van der Waals surface area contributed by atoms with Gasteiger partial charge in [0.1, 0.15) is 5.56 Å². The summed E-state index contributed by atoms with van der Waals surface area (Å²) >= 11 is 3.27. The molecule has 0 radical (unpaired) electrons. The second kappa shape index (κ2) is 8.75. The number of nitrogens with zero attached hydrogens (tertiary/aromatic N) is 2. The molecule has 0 saturated heterocycles. The molecule has 0 aliphatic carbocycles. The molecular formula is C23H13BrN2O7. The van der Waals surface area contributed by atoms with Crippen molar-refractivity contribution in [3.63, 3.8) is 0 Å². The zero-order valence-electron chi connectivity index (χ0n) is 16.7. The van der Waals surface area contributed by atoms with E-state index < -0.39 is 35.0 Å². The molecule has 3 aromatic rings. The highest BCUT2D eigenvalue weighted by Gasteiger charge is 2.41. The highest BCUT2D eigenvalue weighted by Crippen LogP contribution is 2.33. The summed E-state index contributed by atoms with van der Waals surface area (Å²) in [6.07, 6.45) is 0. The zero-order valence-corrected chi connectivity index (χ0v) is 18.3. The molecule has 1 heterocycles. The predicted octanol–water partition coefficient (Wildman–Crippen LogP) is 4.20. The summed E-state index contributed by atoms with van der Waals surface area (Å²) in [5, 5.41) is 11.2. The van der Waals surface area contributed by atoms with E-state index in [-0.39, 0.29) is 28.2 Å². The number of carbonyl (C=O) groups is 4. The van der Waals surface area contributed by atoms with Gasteiger partial charge in [0.15, 0.2) is 12.4 Å². The van der Waals surface area contributed by atoms with Crippen LogP contribution in [0.2, 0.25) is 0 Å². The van der Waals surface area contributed by atoms with Crippen molar-refractivity contribution in [2.45, 2.75) is 0 Å². The van der Waals surface area contributed by atoms with Gasteiger partial charge >= 0.3 is 5.97 Å². The van der Waals surface area contributed by atoms with Crippen molar-refractivity contribution in [2.24, 2.45) is 0 Å². The van der Waals surface area contributed by atoms with Gasteiger partial charge in [0.2, 0.25) is 0 Å². The number of carbonyl (C=O) groups excluding carboxylic acids is 4. The lowest BCUT2D eigenvalue weighted by molar-refractivity contribution is -0.385. The van der Waals surface area contributed by atoms with Crippen LogP contribution in [0.25, 0.3) is 0 Å². The second-order valence-electron chi connectivity index (χ2n) is 6.96. The molecule has 0 bridgehead atoms. The fourth-order valence-corrected chi connectivity index (χ4v) is 3.60. The van der Waals surface area contributed by atoms with Crippen molar-refractivity contribution in [3.8, 4) is 0 Å². The Labute approximate surface area is 194 Å². The van der Waals surface area contributed by atoms with Crippen LogP contribution in [0.1, 0.15) is 41.4 Å². The Hall–Kier alpha value is -4.18. The third kappa shape index (κ3) is 4.15. The minimum Gasteiger partial charge on any atom is -0.454 e. The smallest absolute Gasteiger partial charge is 0.338 e. The average molecular weight is 509 g/mol. The van der Waals surface area contributed by atoms with Crippen molar-refractivity contribution >= 4 is 50.9 Å². The number of fused-ring (bicyclic) bond motifs is 1. The molecule has 0 fully saturated rings. The lowest BCUT2D eigenvalue weighted by Crippen LogP contribution is -2.29. The van der Waals surface area contributed by atoms with Crippen LogP contribution in [-0.2, 0) is 4.74 Å². The maximum atomic E-state index is 12.8. The molecule has 0 spiro atoms. The van der Waals surface area contributed by atoms with E-state index in [9.17, 15) is 29.3 Å². The van der Waals surface area contributed by atoms with Gasteiger partial charge in [-0.15, -0.1) is 0 Å². The predicted molar refractivity (Wildman–Crippen MR) is 119 cm³/mol. The quantitative estimate of drug-likeness (QED) is 0.160. The standard InChI is InChI=1S/C23H13BrN2O7/c24-15-8-4-13(5-9-15)19(27)12-33-23(30)14-6-10-16(11-7-14)25-21(28)17-2-1-3-18(26(31)32)20(17)22(25)29/h1-11H,12H2. The van der Waals surface area contributed by atoms with E-state index >= 15 is 0 Å². The van der Waals surface area contributed by atoms with E-state index in [0.29, 0.717) is 5.56 Å². The van der Waals surface area contributed by atoms with Crippen molar-refractivity contribution in [1.29, 1.82) is 0 Å². The van der Waals surface area contributed by atoms with E-state index in [4.69, 9.17) is 4.74 Å². The Balaban J connectivity index is 1.47. The maximum absolute atomic E-state index is 12.8. The Morgan fingerprint density at radius 1 is 0.909 bits per heavy atom. The molecule has 10 heteroatoms. The van der Waals surface area contributed by atoms with E-state index in [1.165, 1.54) is 36.4 Å². The molecule has 164 valence electrons. The number of imide groups is 1. The SMILES string of the molecule is O=C(COC(=O)c1ccc(N2C(=O)c3cccc([N+](=O)[O-])c3C2=O)cc1)c1ccc(Br)cc1. The molecule has 9 nitrogen and oxygen atoms in total. The van der Waals surface area contributed by atoms with Gasteiger partial charge in [-0.2, -0.15) is 0 Å². The maximum Gasteiger partial charge on any atom is 0.338 e. The molecule has 2 amide bonds. The number of anilines is 1. The molecule has 0 aromatic heterocycles. The van der Waals surface area contributed by atoms with E-state index in [2.05, 4.69) is 15.9 Å². The fourth-order valence-electron chi connectivity index (χ4n) is 3.33. The molecule has 1 aliphatic heterocycles. The zero-order chi connectivity index (χ0) is 23.7. The van der Waals surface area contributed by atoms with E-state index in [0.717, 1.165) is 15.4 Å². The normalized spacial score (nSPS) is 12.5. The van der Waals surface area contributed by atoms with Gasteiger partial charge in [-0.1, -0.05) is 34.1 Å². The first-order valence-electron chi connectivity index (χ1n) is 9.50. The lowest BCUT2D eigenvalue weighted by atomic mass is 10.1. The van der Waals surface area contributed by atoms with Crippen LogP contribution in [0, 0.1) is 10.1 Å². The summed E-state index contributed by atoms with van der Waals surface area (Å²) < 4.78 is 5.86. The van der Waals surface area contributed by atoms with Crippen LogP contribution >= 0.6 is 15.9 Å². The topological polar surface area (TPSA) is 124 Å². The molecule has 33 heavy (non-hydrogen) atoms. The second-order valence-corrected chi connectivity index (χ2v) is 7.87. The third-order valence-electron chi connectivity index (χ3n) is 4.95. The minimum atomic E-state index is -0.822. The number of hydrogen-bond acceptors (Lipinski definition) is 7. The summed E-state index contributed by atoms with van der Waals surface area (Å²) in [5.74, 6) is -2.66. The first kappa shape index (κ1) is 22.0. The summed E-state index contributed by atoms with van der Waals surface area (Å²) in [7, 11) is 0. The Morgan fingerprint density at radius 2 is 1.55 bits per heavy atom. The van der Waals surface area contributed by atoms with Gasteiger partial charge in [-0.3, -0.25) is 24.5 Å². The number of nitro groups is 1. The summed E-state index contributed by atoms with van der Waals surface area (Å²) in [6.45, 7) is -0.454. The highest BCUT2D eigenvalue weighted by molar-refractivity contribution is 9.10. The number of halogens is 1. The molecule has 0 N–H and O–H groups in total. The largest absolute Gasteiger partial charge is 0.454 e. The summed E-state index contributed by atoms with van der Waals surface area (Å²) in [4.78, 5) is 61.2. The summed E-state index contributed by atoms with van der Waals surface area (Å²) in [5.41, 5.74) is -0.167. The number of rotatable bonds is 6. The van der Waals surface area contributed by atoms with Gasteiger partial charge in [-0.25, -0.2) is 9.69 Å². The number of hydrogen-bond donors (Lipinski definition) is 0. The van der Waals surface area contributed by atoms with Crippen LogP contribution in [0.3, 0.4) is 0 Å². The number of Topliss-reactive ketones (excluding diaryl/α,β-unsaturated/α-hetero) is 1. The first-order chi connectivity index (χ1) is 15.8. The van der Waals surface area contributed by atoms with Gasteiger partial charge in [0, 0.05) is 16.1 Å². The van der Waals surface area contributed by atoms with Crippen molar-refractivity contribution in [3.05, 3.63) is 104 Å². The number of ketones is 1. The molecular weight excluding hydrogens is 496 g/mol. The van der Waals surface area contributed by atoms with Crippen LogP contribution in [0.5, 0.6) is 0 Å². The molecule has 4 rings (SSSR count). The molecule has 3 aromatic carbocycles. The van der Waals surface area contributed by atoms with Crippen LogP contribution < -0.4 is 4.90 Å². The number of nitro benzene ring substituents is 1. The van der Waals surface area contributed by atoms with Crippen molar-refractivity contribution in [2.75, 3.05) is 11.5 Å². The van der Waals surface area contributed by atoms with Gasteiger partial charge in [0.25, 0.3) is 17.5 Å². The number of ether oxygens (including phenoxy) is 1. The number of benzene rings is 3. The van der Waals surface area contributed by atoms with Gasteiger partial charge < -0.3 is 4.74 Å². The number of esters is 1. The van der Waals surface area contributed by atoms with Crippen LogP contribution in [0.15, 0.2) is 71.2 Å². The fraction of sp³-hybridized carbons (Fsp3) is 0.0435. The monoisotopic (exact) mass is 508 g/mol. The Morgan fingerprint density at radius 3 is 2.18 bits per heavy atom. The van der Waals surface area contributed by atoms with Gasteiger partial charge in [0.05, 0.1) is 21.7 Å². The van der Waals surface area contributed by atoms with Crippen molar-refractivity contribution in [1.82, 2.24) is 0 Å². The summed E-state index contributed by atoms with van der Waals surface area (Å²) in [6, 6.07) is 15.8. The van der Waals surface area contributed by atoms with Gasteiger partial charge in [-0.05, 0) is 42.5 Å². The van der Waals surface area contributed by atoms with E-state index in [1.807, 2.05) is 0 Å². The first-order valence-corrected chi connectivity index (χ1v) is 10.3. The average Bonchev–Trinajstić information content (AvgIpc) is 3.07. The third-order valence-corrected chi connectivity index (χ3v) is 5.48. The Kier molecular flexibility index (Phi) is 5.84. The number of amides is 2. The Bertz CT molecular complexity index is 1320. The van der Waals surface area contributed by atoms with Crippen LogP contribution in [0.4, 0.5) is 11.4 Å². The molecule has 0 saturated carbocycles. The van der Waals surface area contributed by atoms with Crippen LogP contribution in [-0.4, -0.2) is 35.1 Å².